The molecular weight excluding hydrogens is 266 g/mol. The lowest BCUT2D eigenvalue weighted by Crippen LogP contribution is -2.09. The van der Waals surface area contributed by atoms with Crippen molar-refractivity contribution in [2.24, 2.45) is 0 Å². The number of carbonyl (C=O) groups is 2. The molecule has 2 aromatic rings. The Hall–Kier alpha value is -2.88. The van der Waals surface area contributed by atoms with Gasteiger partial charge in [0.15, 0.2) is 0 Å². The molecule has 0 radical (unpaired) electrons. The van der Waals surface area contributed by atoms with Crippen LogP contribution < -0.4 is 5.32 Å². The number of anilines is 1. The fourth-order valence-electron chi connectivity index (χ4n) is 1.76. The van der Waals surface area contributed by atoms with Gasteiger partial charge in [0, 0.05) is 11.8 Å². The van der Waals surface area contributed by atoms with Crippen molar-refractivity contribution in [3.8, 4) is 0 Å². The van der Waals surface area contributed by atoms with Gasteiger partial charge in [0.25, 0.3) is 0 Å². The van der Waals surface area contributed by atoms with Gasteiger partial charge in [-0.2, -0.15) is 0 Å². The maximum atomic E-state index is 11.8. The highest BCUT2D eigenvalue weighted by atomic mass is 16.5. The number of rotatable bonds is 4. The van der Waals surface area contributed by atoms with Crippen LogP contribution >= 0.6 is 0 Å². The summed E-state index contributed by atoms with van der Waals surface area (Å²) >= 11 is 0. The van der Waals surface area contributed by atoms with Crippen LogP contribution in [-0.4, -0.2) is 19.0 Å². The molecule has 0 heterocycles. The number of carbonyl (C=O) groups excluding carboxylic acids is 2. The van der Waals surface area contributed by atoms with Gasteiger partial charge in [0.1, 0.15) is 0 Å². The van der Waals surface area contributed by atoms with E-state index in [-0.39, 0.29) is 5.91 Å². The molecule has 2 aromatic carbocycles. The van der Waals surface area contributed by atoms with E-state index in [9.17, 15) is 9.59 Å². The van der Waals surface area contributed by atoms with Gasteiger partial charge >= 0.3 is 5.97 Å². The van der Waals surface area contributed by atoms with Gasteiger partial charge in [0.05, 0.1) is 12.7 Å². The Labute approximate surface area is 123 Å². The Kier molecular flexibility index (Phi) is 4.88. The third-order valence-corrected chi connectivity index (χ3v) is 2.78. The second-order valence-corrected chi connectivity index (χ2v) is 4.31. The Balaban J connectivity index is 2.03. The predicted octanol–water partition coefficient (Wildman–Crippen LogP) is 3.13. The molecule has 0 aliphatic heterocycles. The van der Waals surface area contributed by atoms with Gasteiger partial charge in [-0.05, 0) is 29.8 Å². The predicted molar refractivity (Wildman–Crippen MR) is 81.9 cm³/mol. The van der Waals surface area contributed by atoms with Crippen molar-refractivity contribution in [2.75, 3.05) is 12.4 Å². The van der Waals surface area contributed by atoms with Crippen molar-refractivity contribution in [3.05, 3.63) is 71.8 Å². The van der Waals surface area contributed by atoms with Gasteiger partial charge in [-0.1, -0.05) is 36.4 Å². The highest BCUT2D eigenvalue weighted by Gasteiger charge is 2.06. The van der Waals surface area contributed by atoms with Crippen molar-refractivity contribution in [2.45, 2.75) is 0 Å². The third kappa shape index (κ3) is 4.31. The van der Waals surface area contributed by atoms with Gasteiger partial charge < -0.3 is 10.1 Å². The lowest BCUT2D eigenvalue weighted by molar-refractivity contribution is -0.111. The summed E-state index contributed by atoms with van der Waals surface area (Å²) in [6.45, 7) is 0. The number of hydrogen-bond donors (Lipinski definition) is 1. The molecule has 0 bridgehead atoms. The number of benzene rings is 2. The van der Waals surface area contributed by atoms with Crippen LogP contribution in [0.15, 0.2) is 60.7 Å². The van der Waals surface area contributed by atoms with E-state index in [0.29, 0.717) is 11.3 Å². The summed E-state index contributed by atoms with van der Waals surface area (Å²) in [7, 11) is 1.32. The molecule has 0 aliphatic rings. The fourth-order valence-corrected chi connectivity index (χ4v) is 1.76. The average molecular weight is 281 g/mol. The highest BCUT2D eigenvalue weighted by Crippen LogP contribution is 2.12. The first-order valence-corrected chi connectivity index (χ1v) is 6.41. The van der Waals surface area contributed by atoms with E-state index in [0.717, 1.165) is 5.56 Å². The molecular formula is C17H15NO3. The van der Waals surface area contributed by atoms with Crippen molar-refractivity contribution in [1.82, 2.24) is 0 Å². The lowest BCUT2D eigenvalue weighted by Gasteiger charge is -2.04. The first-order valence-electron chi connectivity index (χ1n) is 6.41. The maximum absolute atomic E-state index is 11.8. The standard InChI is InChI=1S/C17H15NO3/c1-21-17(20)14-8-5-9-15(12-14)18-16(19)11-10-13-6-3-2-4-7-13/h2-12H,1H3,(H,18,19). The fraction of sp³-hybridized carbons (Fsp3) is 0.0588. The second-order valence-electron chi connectivity index (χ2n) is 4.31. The van der Waals surface area contributed by atoms with Crippen LogP contribution in [0.1, 0.15) is 15.9 Å². The molecule has 4 heteroatoms. The van der Waals surface area contributed by atoms with Gasteiger partial charge in [-0.25, -0.2) is 4.79 Å². The van der Waals surface area contributed by atoms with Crippen molar-refractivity contribution >= 4 is 23.6 Å². The van der Waals surface area contributed by atoms with E-state index < -0.39 is 5.97 Å². The lowest BCUT2D eigenvalue weighted by atomic mass is 10.2. The van der Waals surface area contributed by atoms with Crippen LogP contribution in [0.5, 0.6) is 0 Å². The quantitative estimate of drug-likeness (QED) is 0.692. The van der Waals surface area contributed by atoms with E-state index in [1.165, 1.54) is 13.2 Å². The second kappa shape index (κ2) is 7.05. The number of ether oxygens (including phenoxy) is 1. The molecule has 1 N–H and O–H groups in total. The van der Waals surface area contributed by atoms with Crippen LogP contribution in [0, 0.1) is 0 Å². The Bertz CT molecular complexity index is 663. The van der Waals surface area contributed by atoms with Crippen LogP contribution in [0.2, 0.25) is 0 Å². The minimum absolute atomic E-state index is 0.263. The van der Waals surface area contributed by atoms with Crippen molar-refractivity contribution < 1.29 is 14.3 Å². The third-order valence-electron chi connectivity index (χ3n) is 2.78. The van der Waals surface area contributed by atoms with Gasteiger partial charge in [-0.3, -0.25) is 4.79 Å². The molecule has 0 saturated carbocycles. The molecule has 0 spiro atoms. The molecule has 0 atom stereocenters. The molecule has 2 rings (SSSR count). The molecule has 0 aliphatic carbocycles. The first-order chi connectivity index (χ1) is 10.2. The molecule has 0 aromatic heterocycles. The maximum Gasteiger partial charge on any atom is 0.337 e. The number of hydrogen-bond acceptors (Lipinski definition) is 3. The first kappa shape index (κ1) is 14.5. The summed E-state index contributed by atoms with van der Waals surface area (Å²) in [4.78, 5) is 23.2. The topological polar surface area (TPSA) is 55.4 Å². The molecule has 0 unspecified atom stereocenters. The Morgan fingerprint density at radius 2 is 1.81 bits per heavy atom. The normalized spacial score (nSPS) is 10.3. The molecule has 4 nitrogen and oxygen atoms in total. The molecule has 1 amide bonds. The Morgan fingerprint density at radius 1 is 1.05 bits per heavy atom. The molecule has 0 fully saturated rings. The van der Waals surface area contributed by atoms with Crippen LogP contribution in [0.4, 0.5) is 5.69 Å². The van der Waals surface area contributed by atoms with Crippen LogP contribution in [-0.2, 0) is 9.53 Å². The molecule has 106 valence electrons. The summed E-state index contributed by atoms with van der Waals surface area (Å²) in [6, 6.07) is 16.1. The largest absolute Gasteiger partial charge is 0.465 e. The van der Waals surface area contributed by atoms with Crippen molar-refractivity contribution in [1.29, 1.82) is 0 Å². The van der Waals surface area contributed by atoms with E-state index >= 15 is 0 Å². The minimum atomic E-state index is -0.439. The SMILES string of the molecule is COC(=O)c1cccc(NC(=O)C=Cc2ccccc2)c1. The molecule has 21 heavy (non-hydrogen) atoms. The smallest absolute Gasteiger partial charge is 0.337 e. The van der Waals surface area contributed by atoms with E-state index in [1.54, 1.807) is 30.3 Å². The monoisotopic (exact) mass is 281 g/mol. The van der Waals surface area contributed by atoms with Crippen LogP contribution in [0.3, 0.4) is 0 Å². The zero-order valence-electron chi connectivity index (χ0n) is 11.6. The van der Waals surface area contributed by atoms with E-state index in [2.05, 4.69) is 10.1 Å². The molecule has 0 saturated heterocycles. The average Bonchev–Trinajstić information content (AvgIpc) is 2.53. The number of nitrogens with one attached hydrogen (secondary N) is 1. The van der Waals surface area contributed by atoms with Crippen LogP contribution in [0.25, 0.3) is 6.08 Å². The van der Waals surface area contributed by atoms with E-state index in [1.807, 2.05) is 30.3 Å². The summed E-state index contributed by atoms with van der Waals surface area (Å²) in [5.74, 6) is -0.702. The number of methoxy groups -OCH3 is 1. The zero-order chi connectivity index (χ0) is 15.1. The summed E-state index contributed by atoms with van der Waals surface area (Å²) < 4.78 is 4.64. The minimum Gasteiger partial charge on any atom is -0.465 e. The van der Waals surface area contributed by atoms with E-state index in [4.69, 9.17) is 0 Å². The zero-order valence-corrected chi connectivity index (χ0v) is 11.6. The van der Waals surface area contributed by atoms with Crippen molar-refractivity contribution in [3.63, 3.8) is 0 Å². The van der Waals surface area contributed by atoms with Gasteiger partial charge in [0.2, 0.25) is 5.91 Å². The highest BCUT2D eigenvalue weighted by molar-refractivity contribution is 6.02. The summed E-state index contributed by atoms with van der Waals surface area (Å²) in [5.41, 5.74) is 1.87. The summed E-state index contributed by atoms with van der Waals surface area (Å²) in [6.07, 6.45) is 3.17. The summed E-state index contributed by atoms with van der Waals surface area (Å²) in [5, 5.41) is 2.70. The number of amides is 1. The Morgan fingerprint density at radius 3 is 2.52 bits per heavy atom. The van der Waals surface area contributed by atoms with Gasteiger partial charge in [-0.15, -0.1) is 0 Å². The number of esters is 1.